The van der Waals surface area contributed by atoms with Gasteiger partial charge in [0.05, 0.1) is 26.4 Å². The van der Waals surface area contributed by atoms with Crippen LogP contribution in [-0.4, -0.2) is 96.7 Å². The summed E-state index contributed by atoms with van der Waals surface area (Å²) in [5.74, 6) is -0.685. The van der Waals surface area contributed by atoms with Crippen LogP contribution in [0.15, 0.2) is 0 Å². The molecule has 0 aliphatic heterocycles. The third kappa shape index (κ3) is 53.2. The molecule has 0 heterocycles. The van der Waals surface area contributed by atoms with Gasteiger partial charge in [-0.2, -0.15) is 0 Å². The van der Waals surface area contributed by atoms with Crippen LogP contribution in [0.5, 0.6) is 0 Å². The number of aliphatic hydroxyl groups excluding tert-OH is 1. The number of rotatable bonds is 57. The number of esters is 4. The summed E-state index contributed by atoms with van der Waals surface area (Å²) in [5.41, 5.74) is 0. The standard InChI is InChI=1S/C58H112O17P2/c1-7-9-11-26-34-40-55(60)68-46-53(74-57(62)42-36-27-12-10-8-2)48-72-76(64,65)70-44-52(59)45-71-77(66,67)73-49-54(47-69-56(61)41-35-30-25-24-29-33-39-51(5)6)75-58(63)43-37-31-23-21-19-17-15-13-14-16-18-20-22-28-32-38-50(3)4/h50-54,59H,7-49H2,1-6H3,(H,64,65)(H,66,67)/t52-,53+,54+/m0/s1. The van der Waals surface area contributed by atoms with Crippen LogP contribution in [0.1, 0.15) is 279 Å². The molecule has 456 valence electrons. The number of aliphatic hydroxyl groups is 1. The summed E-state index contributed by atoms with van der Waals surface area (Å²) in [5, 5.41) is 10.4. The fraction of sp³-hybridized carbons (Fsp3) is 0.931. The first-order chi connectivity index (χ1) is 36.9. The third-order valence-electron chi connectivity index (χ3n) is 13.2. The lowest BCUT2D eigenvalue weighted by atomic mass is 10.0. The lowest BCUT2D eigenvalue weighted by Gasteiger charge is -2.21. The van der Waals surface area contributed by atoms with E-state index in [9.17, 15) is 43.2 Å². The fourth-order valence-electron chi connectivity index (χ4n) is 8.47. The van der Waals surface area contributed by atoms with E-state index < -0.39 is 97.5 Å². The van der Waals surface area contributed by atoms with Crippen molar-refractivity contribution in [2.45, 2.75) is 297 Å². The fourth-order valence-corrected chi connectivity index (χ4v) is 10.0. The average molecular weight is 1140 g/mol. The Hall–Kier alpha value is -1.94. The number of hydrogen-bond acceptors (Lipinski definition) is 15. The molecular weight excluding hydrogens is 1030 g/mol. The van der Waals surface area contributed by atoms with Crippen molar-refractivity contribution in [2.24, 2.45) is 11.8 Å². The lowest BCUT2D eigenvalue weighted by Crippen LogP contribution is -2.30. The zero-order valence-corrected chi connectivity index (χ0v) is 51.0. The van der Waals surface area contributed by atoms with Gasteiger partial charge in [0, 0.05) is 25.7 Å². The van der Waals surface area contributed by atoms with Gasteiger partial charge in [-0.05, 0) is 37.5 Å². The maximum Gasteiger partial charge on any atom is 0.472 e. The molecule has 0 saturated carbocycles. The molecule has 19 heteroatoms. The van der Waals surface area contributed by atoms with Gasteiger partial charge in [-0.15, -0.1) is 0 Å². The van der Waals surface area contributed by atoms with E-state index in [-0.39, 0.29) is 25.7 Å². The van der Waals surface area contributed by atoms with E-state index in [1.54, 1.807) is 0 Å². The summed E-state index contributed by atoms with van der Waals surface area (Å²) in [7, 11) is -9.85. The van der Waals surface area contributed by atoms with Crippen LogP contribution in [0.3, 0.4) is 0 Å². The molecule has 0 aromatic heterocycles. The van der Waals surface area contributed by atoms with E-state index >= 15 is 0 Å². The Kier molecular flexibility index (Phi) is 49.7. The molecule has 5 atom stereocenters. The SMILES string of the molecule is CCCCCCCC(=O)OC[C@H](COP(=O)(O)OC[C@H](O)COP(=O)(O)OC[C@@H](COC(=O)CCCCCCCCC(C)C)OC(=O)CCCCCCCCCCCCCCCCCC(C)C)OC(=O)CCCCCCC. The van der Waals surface area contributed by atoms with Gasteiger partial charge in [0.1, 0.15) is 19.3 Å². The molecule has 0 aromatic rings. The minimum atomic E-state index is -4.93. The maximum atomic E-state index is 12.9. The van der Waals surface area contributed by atoms with Crippen molar-refractivity contribution >= 4 is 39.5 Å². The Morgan fingerprint density at radius 3 is 0.883 bits per heavy atom. The van der Waals surface area contributed by atoms with Crippen LogP contribution in [0, 0.1) is 11.8 Å². The molecular formula is C58H112O17P2. The van der Waals surface area contributed by atoms with Crippen LogP contribution in [-0.2, 0) is 65.4 Å². The maximum absolute atomic E-state index is 12.9. The number of carbonyl (C=O) groups is 4. The van der Waals surface area contributed by atoms with Crippen molar-refractivity contribution in [3.05, 3.63) is 0 Å². The Morgan fingerprint density at radius 2 is 0.597 bits per heavy atom. The van der Waals surface area contributed by atoms with Gasteiger partial charge in [0.2, 0.25) is 0 Å². The normalized spacial score (nSPS) is 14.5. The largest absolute Gasteiger partial charge is 0.472 e. The smallest absolute Gasteiger partial charge is 0.462 e. The highest BCUT2D eigenvalue weighted by molar-refractivity contribution is 7.47. The van der Waals surface area contributed by atoms with Gasteiger partial charge in [-0.3, -0.25) is 37.3 Å². The van der Waals surface area contributed by atoms with Crippen molar-refractivity contribution in [1.82, 2.24) is 0 Å². The number of hydrogen-bond donors (Lipinski definition) is 3. The van der Waals surface area contributed by atoms with Crippen molar-refractivity contribution in [1.29, 1.82) is 0 Å². The van der Waals surface area contributed by atoms with Gasteiger partial charge in [-0.25, -0.2) is 9.13 Å². The molecule has 0 aromatic carbocycles. The molecule has 17 nitrogen and oxygen atoms in total. The molecule has 0 aliphatic rings. The zero-order valence-electron chi connectivity index (χ0n) is 49.2. The van der Waals surface area contributed by atoms with E-state index in [1.165, 1.54) is 83.5 Å². The highest BCUT2D eigenvalue weighted by Crippen LogP contribution is 2.45. The molecule has 0 bridgehead atoms. The predicted octanol–water partition coefficient (Wildman–Crippen LogP) is 15.3. The molecule has 0 spiro atoms. The summed E-state index contributed by atoms with van der Waals surface area (Å²) in [6, 6.07) is 0. The Balaban J connectivity index is 5.06. The average Bonchev–Trinajstić information content (AvgIpc) is 3.38. The minimum absolute atomic E-state index is 0.0984. The van der Waals surface area contributed by atoms with Crippen molar-refractivity contribution in [3.8, 4) is 0 Å². The molecule has 0 radical (unpaired) electrons. The highest BCUT2D eigenvalue weighted by atomic mass is 31.2. The Bertz CT molecular complexity index is 1530. The molecule has 0 rings (SSSR count). The number of carbonyl (C=O) groups excluding carboxylic acids is 4. The minimum Gasteiger partial charge on any atom is -0.462 e. The second kappa shape index (κ2) is 51.0. The molecule has 77 heavy (non-hydrogen) atoms. The second-order valence-corrected chi connectivity index (χ2v) is 24.9. The van der Waals surface area contributed by atoms with Crippen LogP contribution in [0.25, 0.3) is 0 Å². The van der Waals surface area contributed by atoms with Crippen LogP contribution < -0.4 is 0 Å². The lowest BCUT2D eigenvalue weighted by molar-refractivity contribution is -0.161. The van der Waals surface area contributed by atoms with E-state index in [0.717, 1.165) is 109 Å². The topological polar surface area (TPSA) is 237 Å². The van der Waals surface area contributed by atoms with Gasteiger partial charge >= 0.3 is 39.5 Å². The quantitative estimate of drug-likeness (QED) is 0.0222. The van der Waals surface area contributed by atoms with Crippen molar-refractivity contribution in [2.75, 3.05) is 39.6 Å². The van der Waals surface area contributed by atoms with Crippen LogP contribution >= 0.6 is 15.6 Å². The van der Waals surface area contributed by atoms with E-state index in [1.807, 2.05) is 0 Å². The molecule has 2 unspecified atom stereocenters. The summed E-state index contributed by atoms with van der Waals surface area (Å²) in [4.78, 5) is 71.3. The molecule has 0 amide bonds. The van der Waals surface area contributed by atoms with Crippen molar-refractivity contribution in [3.63, 3.8) is 0 Å². The number of phosphoric acid groups is 2. The van der Waals surface area contributed by atoms with E-state index in [4.69, 9.17) is 37.0 Å². The van der Waals surface area contributed by atoms with Gasteiger partial charge in [0.15, 0.2) is 12.2 Å². The van der Waals surface area contributed by atoms with E-state index in [2.05, 4.69) is 41.5 Å². The summed E-state index contributed by atoms with van der Waals surface area (Å²) in [6.07, 6.45) is 31.7. The monoisotopic (exact) mass is 1140 g/mol. The van der Waals surface area contributed by atoms with Gasteiger partial charge < -0.3 is 33.8 Å². The zero-order chi connectivity index (χ0) is 57.3. The highest BCUT2D eigenvalue weighted by Gasteiger charge is 2.30. The number of ether oxygens (including phenoxy) is 4. The molecule has 0 saturated heterocycles. The Morgan fingerprint density at radius 1 is 0.351 bits per heavy atom. The summed E-state index contributed by atoms with van der Waals surface area (Å²) >= 11 is 0. The molecule has 0 aliphatic carbocycles. The first-order valence-electron chi connectivity index (χ1n) is 30.5. The summed E-state index contributed by atoms with van der Waals surface area (Å²) in [6.45, 7) is 9.20. The third-order valence-corrected chi connectivity index (χ3v) is 15.1. The van der Waals surface area contributed by atoms with Crippen LogP contribution in [0.4, 0.5) is 0 Å². The van der Waals surface area contributed by atoms with Gasteiger partial charge in [0.25, 0.3) is 0 Å². The number of phosphoric ester groups is 2. The first-order valence-corrected chi connectivity index (χ1v) is 33.5. The predicted molar refractivity (Wildman–Crippen MR) is 303 cm³/mol. The molecule has 3 N–H and O–H groups in total. The Labute approximate surface area is 467 Å². The second-order valence-electron chi connectivity index (χ2n) is 22.0. The molecule has 0 fully saturated rings. The first kappa shape index (κ1) is 75.1. The van der Waals surface area contributed by atoms with Crippen molar-refractivity contribution < 1.29 is 80.2 Å². The summed E-state index contributed by atoms with van der Waals surface area (Å²) < 4.78 is 67.3. The van der Waals surface area contributed by atoms with E-state index in [0.29, 0.717) is 31.6 Å². The number of unbranched alkanes of at least 4 members (excludes halogenated alkanes) is 27. The van der Waals surface area contributed by atoms with Gasteiger partial charge in [-0.1, -0.05) is 228 Å². The van der Waals surface area contributed by atoms with Crippen LogP contribution in [0.2, 0.25) is 0 Å².